The van der Waals surface area contributed by atoms with E-state index in [-0.39, 0.29) is 23.4 Å². The molecule has 0 unspecified atom stereocenters. The second kappa shape index (κ2) is 8.60. The highest BCUT2D eigenvalue weighted by atomic mass is 35.5. The number of amides is 1. The molecular formula is C25H25ClN2O3S. The van der Waals surface area contributed by atoms with Gasteiger partial charge in [0.15, 0.2) is 0 Å². The number of nitrogens with zero attached hydrogens (tertiary/aromatic N) is 2. The van der Waals surface area contributed by atoms with E-state index in [4.69, 9.17) is 11.6 Å². The van der Waals surface area contributed by atoms with Crippen molar-refractivity contribution in [3.8, 4) is 0 Å². The standard InChI is InChI=1S/C25H25ClN2O3S/c1-17-11-13-21(14-12-17)32(30,31)27(23-10-6-8-22(26)19(23)3)16-25(29)28-18(2)15-20-7-4-5-9-24(20)28/h4-14,18H,15-16H2,1-3H3/t18-/m0/s1. The van der Waals surface area contributed by atoms with E-state index in [2.05, 4.69) is 0 Å². The molecule has 0 bridgehead atoms. The summed E-state index contributed by atoms with van der Waals surface area (Å²) in [5, 5.41) is 0.443. The van der Waals surface area contributed by atoms with Crippen molar-refractivity contribution in [2.45, 2.75) is 38.1 Å². The number of benzene rings is 3. The van der Waals surface area contributed by atoms with E-state index in [0.29, 0.717) is 16.3 Å². The molecule has 1 aliphatic heterocycles. The molecule has 0 radical (unpaired) electrons. The highest BCUT2D eigenvalue weighted by molar-refractivity contribution is 7.92. The molecule has 1 heterocycles. The van der Waals surface area contributed by atoms with Gasteiger partial charge in [0, 0.05) is 16.8 Å². The first-order valence-corrected chi connectivity index (χ1v) is 12.3. The predicted octanol–water partition coefficient (Wildman–Crippen LogP) is 5.13. The van der Waals surface area contributed by atoms with Crippen LogP contribution < -0.4 is 9.21 Å². The summed E-state index contributed by atoms with van der Waals surface area (Å²) in [6.45, 7) is 5.30. The summed E-state index contributed by atoms with van der Waals surface area (Å²) >= 11 is 6.31. The quantitative estimate of drug-likeness (QED) is 0.521. The number of hydrogen-bond acceptors (Lipinski definition) is 3. The van der Waals surface area contributed by atoms with Gasteiger partial charge in [-0.3, -0.25) is 9.10 Å². The lowest BCUT2D eigenvalue weighted by Gasteiger charge is -2.30. The molecule has 0 spiro atoms. The number of sulfonamides is 1. The molecule has 32 heavy (non-hydrogen) atoms. The summed E-state index contributed by atoms with van der Waals surface area (Å²) in [7, 11) is -4.00. The van der Waals surface area contributed by atoms with Crippen molar-refractivity contribution >= 4 is 38.9 Å². The minimum Gasteiger partial charge on any atom is -0.307 e. The molecule has 1 atom stereocenters. The number of halogens is 1. The topological polar surface area (TPSA) is 57.7 Å². The molecule has 0 saturated heterocycles. The third-order valence-electron chi connectivity index (χ3n) is 5.87. The second-order valence-corrected chi connectivity index (χ2v) is 10.4. The minimum atomic E-state index is -4.00. The largest absolute Gasteiger partial charge is 0.307 e. The number of aryl methyl sites for hydroxylation is 1. The van der Waals surface area contributed by atoms with E-state index < -0.39 is 10.0 Å². The monoisotopic (exact) mass is 468 g/mol. The van der Waals surface area contributed by atoms with Crippen molar-refractivity contribution < 1.29 is 13.2 Å². The van der Waals surface area contributed by atoms with Crippen LogP contribution in [0.3, 0.4) is 0 Å². The minimum absolute atomic E-state index is 0.0516. The lowest BCUT2D eigenvalue weighted by atomic mass is 10.1. The molecular weight excluding hydrogens is 444 g/mol. The normalized spacial score (nSPS) is 15.5. The van der Waals surface area contributed by atoms with Crippen molar-refractivity contribution in [3.63, 3.8) is 0 Å². The molecule has 5 nitrogen and oxygen atoms in total. The Labute approximate surface area is 194 Å². The van der Waals surface area contributed by atoms with Crippen LogP contribution in [0.2, 0.25) is 5.02 Å². The van der Waals surface area contributed by atoms with Gasteiger partial charge < -0.3 is 4.90 Å². The number of hydrogen-bond donors (Lipinski definition) is 0. The summed E-state index contributed by atoms with van der Waals surface area (Å²) in [6, 6.07) is 19.4. The lowest BCUT2D eigenvalue weighted by molar-refractivity contribution is -0.117. The fourth-order valence-electron chi connectivity index (χ4n) is 4.15. The average Bonchev–Trinajstić information content (AvgIpc) is 3.10. The van der Waals surface area contributed by atoms with Gasteiger partial charge >= 0.3 is 0 Å². The van der Waals surface area contributed by atoms with Crippen LogP contribution in [-0.4, -0.2) is 26.9 Å². The van der Waals surface area contributed by atoms with Gasteiger partial charge in [0.1, 0.15) is 6.54 Å². The molecule has 0 N–H and O–H groups in total. The van der Waals surface area contributed by atoms with Gasteiger partial charge in [0.25, 0.3) is 10.0 Å². The molecule has 0 aliphatic carbocycles. The Kier molecular flexibility index (Phi) is 6.01. The summed E-state index contributed by atoms with van der Waals surface area (Å²) in [5.74, 6) is -0.280. The number of rotatable bonds is 5. The first kappa shape index (κ1) is 22.4. The zero-order valence-electron chi connectivity index (χ0n) is 18.2. The van der Waals surface area contributed by atoms with Crippen LogP contribution in [0.15, 0.2) is 71.6 Å². The van der Waals surface area contributed by atoms with E-state index in [0.717, 1.165) is 23.2 Å². The van der Waals surface area contributed by atoms with Crippen molar-refractivity contribution in [1.82, 2.24) is 0 Å². The van der Waals surface area contributed by atoms with Crippen molar-refractivity contribution in [1.29, 1.82) is 0 Å². The first-order valence-electron chi connectivity index (χ1n) is 10.4. The fraction of sp³-hybridized carbons (Fsp3) is 0.240. The Morgan fingerprint density at radius 1 is 1.03 bits per heavy atom. The zero-order chi connectivity index (χ0) is 23.0. The van der Waals surface area contributed by atoms with E-state index >= 15 is 0 Å². The van der Waals surface area contributed by atoms with Crippen molar-refractivity contribution in [2.75, 3.05) is 15.7 Å². The van der Waals surface area contributed by atoms with E-state index in [1.807, 2.05) is 38.1 Å². The maximum absolute atomic E-state index is 13.7. The van der Waals surface area contributed by atoms with Crippen LogP contribution in [-0.2, 0) is 21.2 Å². The van der Waals surface area contributed by atoms with Crippen LogP contribution in [0.1, 0.15) is 23.6 Å². The number of para-hydroxylation sites is 1. The Balaban J connectivity index is 1.78. The lowest BCUT2D eigenvalue weighted by Crippen LogP contribution is -2.45. The molecule has 3 aromatic rings. The summed E-state index contributed by atoms with van der Waals surface area (Å²) < 4.78 is 28.6. The average molecular weight is 469 g/mol. The molecule has 0 aromatic heterocycles. The Hall–Kier alpha value is -2.83. The maximum atomic E-state index is 13.7. The molecule has 7 heteroatoms. The van der Waals surface area contributed by atoms with Gasteiger partial charge in [-0.25, -0.2) is 8.42 Å². The van der Waals surface area contributed by atoms with Crippen LogP contribution in [0.5, 0.6) is 0 Å². The fourth-order valence-corrected chi connectivity index (χ4v) is 5.79. The predicted molar refractivity (Wildman–Crippen MR) is 129 cm³/mol. The molecule has 1 aliphatic rings. The van der Waals surface area contributed by atoms with Gasteiger partial charge in [-0.1, -0.05) is 53.6 Å². The molecule has 1 amide bonds. The summed E-state index contributed by atoms with van der Waals surface area (Å²) in [5.41, 5.74) is 3.87. The smallest absolute Gasteiger partial charge is 0.264 e. The van der Waals surface area contributed by atoms with Crippen molar-refractivity contribution in [3.05, 3.63) is 88.4 Å². The Morgan fingerprint density at radius 2 is 1.72 bits per heavy atom. The summed E-state index contributed by atoms with van der Waals surface area (Å²) in [6.07, 6.45) is 0.739. The Morgan fingerprint density at radius 3 is 2.44 bits per heavy atom. The maximum Gasteiger partial charge on any atom is 0.264 e. The zero-order valence-corrected chi connectivity index (χ0v) is 19.8. The number of anilines is 2. The second-order valence-electron chi connectivity index (χ2n) is 8.15. The molecule has 0 saturated carbocycles. The van der Waals surface area contributed by atoms with Gasteiger partial charge in [0.2, 0.25) is 5.91 Å². The molecule has 0 fully saturated rings. The van der Waals surface area contributed by atoms with Gasteiger partial charge in [-0.05, 0) is 68.7 Å². The highest BCUT2D eigenvalue weighted by Crippen LogP contribution is 2.34. The molecule has 4 rings (SSSR count). The highest BCUT2D eigenvalue weighted by Gasteiger charge is 2.35. The summed E-state index contributed by atoms with van der Waals surface area (Å²) in [4.78, 5) is 15.3. The SMILES string of the molecule is Cc1ccc(S(=O)(=O)N(CC(=O)N2c3ccccc3C[C@@H]2C)c2cccc(Cl)c2C)cc1. The van der Waals surface area contributed by atoms with Crippen molar-refractivity contribution in [2.24, 2.45) is 0 Å². The molecule has 166 valence electrons. The van der Waals surface area contributed by atoms with E-state index in [1.165, 1.54) is 4.31 Å². The molecule has 3 aromatic carbocycles. The first-order chi connectivity index (χ1) is 15.2. The number of carbonyl (C=O) groups excluding carboxylic acids is 1. The van der Waals surface area contributed by atoms with Gasteiger partial charge in [-0.15, -0.1) is 0 Å². The van der Waals surface area contributed by atoms with E-state index in [9.17, 15) is 13.2 Å². The van der Waals surface area contributed by atoms with Crippen LogP contribution >= 0.6 is 11.6 Å². The number of fused-ring (bicyclic) bond motifs is 1. The Bertz CT molecular complexity index is 1270. The van der Waals surface area contributed by atoms with Gasteiger partial charge in [-0.2, -0.15) is 0 Å². The third-order valence-corrected chi connectivity index (χ3v) is 8.06. The van der Waals surface area contributed by atoms with E-state index in [1.54, 1.807) is 54.3 Å². The van der Waals surface area contributed by atoms with Crippen LogP contribution in [0.4, 0.5) is 11.4 Å². The van der Waals surface area contributed by atoms with Gasteiger partial charge in [0.05, 0.1) is 10.6 Å². The van der Waals surface area contributed by atoms with Crippen LogP contribution in [0, 0.1) is 13.8 Å². The third kappa shape index (κ3) is 4.00. The number of carbonyl (C=O) groups is 1. The van der Waals surface area contributed by atoms with Crippen LogP contribution in [0.25, 0.3) is 0 Å².